The standard InChI is InChI=1S/C8H15NO/c1-3-6-9(2)7-4-5-8-10/h10H,3,6-8H2,1-2H3. The minimum Gasteiger partial charge on any atom is -0.384 e. The highest BCUT2D eigenvalue weighted by atomic mass is 16.2. The SMILES string of the molecule is CCCN(C)CC#CCO. The van der Waals surface area contributed by atoms with Crippen LogP contribution < -0.4 is 0 Å². The first-order valence-electron chi connectivity index (χ1n) is 3.56. The summed E-state index contributed by atoms with van der Waals surface area (Å²) in [4.78, 5) is 2.13. The summed E-state index contributed by atoms with van der Waals surface area (Å²) in [5.74, 6) is 5.45. The number of hydrogen-bond donors (Lipinski definition) is 1. The molecule has 0 saturated carbocycles. The quantitative estimate of drug-likeness (QED) is 0.572. The number of hydrogen-bond acceptors (Lipinski definition) is 2. The Balaban J connectivity index is 3.29. The number of aliphatic hydroxyl groups excluding tert-OH is 1. The monoisotopic (exact) mass is 141 g/mol. The lowest BCUT2D eigenvalue weighted by Gasteiger charge is -2.09. The maximum atomic E-state index is 8.32. The van der Waals surface area contributed by atoms with E-state index in [4.69, 9.17) is 5.11 Å². The van der Waals surface area contributed by atoms with Gasteiger partial charge >= 0.3 is 0 Å². The first kappa shape index (κ1) is 9.48. The van der Waals surface area contributed by atoms with Crippen molar-refractivity contribution < 1.29 is 5.11 Å². The largest absolute Gasteiger partial charge is 0.384 e. The molecule has 1 N–H and O–H groups in total. The third-order valence-corrected chi connectivity index (χ3v) is 1.16. The van der Waals surface area contributed by atoms with Gasteiger partial charge < -0.3 is 5.11 Å². The van der Waals surface area contributed by atoms with Crippen LogP contribution >= 0.6 is 0 Å². The van der Waals surface area contributed by atoms with Crippen LogP contribution in [0.2, 0.25) is 0 Å². The van der Waals surface area contributed by atoms with Crippen LogP contribution in [0.4, 0.5) is 0 Å². The molecule has 58 valence electrons. The first-order chi connectivity index (χ1) is 4.81. The Labute approximate surface area is 62.8 Å². The molecule has 0 aromatic rings. The van der Waals surface area contributed by atoms with E-state index in [1.807, 2.05) is 7.05 Å². The molecule has 0 radical (unpaired) electrons. The van der Waals surface area contributed by atoms with E-state index in [9.17, 15) is 0 Å². The van der Waals surface area contributed by atoms with Crippen LogP contribution in [0.5, 0.6) is 0 Å². The van der Waals surface area contributed by atoms with Gasteiger partial charge in [-0.3, -0.25) is 4.90 Å². The lowest BCUT2D eigenvalue weighted by Crippen LogP contribution is -2.19. The van der Waals surface area contributed by atoms with Crippen LogP contribution in [-0.2, 0) is 0 Å². The molecule has 0 fully saturated rings. The van der Waals surface area contributed by atoms with Crippen LogP contribution in [0.15, 0.2) is 0 Å². The lowest BCUT2D eigenvalue weighted by atomic mass is 10.4. The zero-order chi connectivity index (χ0) is 7.82. The number of aliphatic hydroxyl groups is 1. The van der Waals surface area contributed by atoms with Gasteiger partial charge in [0.2, 0.25) is 0 Å². The van der Waals surface area contributed by atoms with Gasteiger partial charge in [-0.25, -0.2) is 0 Å². The third kappa shape index (κ3) is 5.61. The van der Waals surface area contributed by atoms with Crippen molar-refractivity contribution >= 4 is 0 Å². The topological polar surface area (TPSA) is 23.5 Å². The fourth-order valence-electron chi connectivity index (χ4n) is 0.708. The maximum Gasteiger partial charge on any atom is 0.104 e. The summed E-state index contributed by atoms with van der Waals surface area (Å²) in [7, 11) is 2.02. The summed E-state index contributed by atoms with van der Waals surface area (Å²) in [5, 5.41) is 8.32. The highest BCUT2D eigenvalue weighted by Gasteiger charge is 1.89. The van der Waals surface area contributed by atoms with Crippen LogP contribution in [0.1, 0.15) is 13.3 Å². The van der Waals surface area contributed by atoms with Gasteiger partial charge in [-0.1, -0.05) is 18.8 Å². The fraction of sp³-hybridized carbons (Fsp3) is 0.750. The van der Waals surface area contributed by atoms with Gasteiger partial charge in [0.25, 0.3) is 0 Å². The molecule has 0 unspecified atom stereocenters. The van der Waals surface area contributed by atoms with E-state index in [0.29, 0.717) is 0 Å². The van der Waals surface area contributed by atoms with E-state index in [1.165, 1.54) is 0 Å². The van der Waals surface area contributed by atoms with E-state index in [-0.39, 0.29) is 6.61 Å². The van der Waals surface area contributed by atoms with Gasteiger partial charge in [0.15, 0.2) is 0 Å². The van der Waals surface area contributed by atoms with Crippen LogP contribution in [0.3, 0.4) is 0 Å². The molecular weight excluding hydrogens is 126 g/mol. The molecule has 0 amide bonds. The van der Waals surface area contributed by atoms with E-state index in [0.717, 1.165) is 19.5 Å². The molecule has 2 nitrogen and oxygen atoms in total. The molecule has 0 aromatic carbocycles. The summed E-state index contributed by atoms with van der Waals surface area (Å²) in [6.45, 7) is 3.93. The van der Waals surface area contributed by atoms with Crippen LogP contribution in [0, 0.1) is 11.8 Å². The summed E-state index contributed by atoms with van der Waals surface area (Å²) >= 11 is 0. The smallest absolute Gasteiger partial charge is 0.104 e. The maximum absolute atomic E-state index is 8.32. The van der Waals surface area contributed by atoms with Gasteiger partial charge in [0.1, 0.15) is 6.61 Å². The van der Waals surface area contributed by atoms with Crippen molar-refractivity contribution in [3.05, 3.63) is 0 Å². The predicted molar refractivity (Wildman–Crippen MR) is 42.6 cm³/mol. The molecule has 0 saturated heterocycles. The normalized spacial score (nSPS) is 9.20. The molecule has 0 aliphatic heterocycles. The van der Waals surface area contributed by atoms with E-state index in [2.05, 4.69) is 23.7 Å². The van der Waals surface area contributed by atoms with Crippen molar-refractivity contribution in [2.45, 2.75) is 13.3 Å². The highest BCUT2D eigenvalue weighted by molar-refractivity contribution is 5.00. The summed E-state index contributed by atoms with van der Waals surface area (Å²) in [6.07, 6.45) is 1.15. The van der Waals surface area contributed by atoms with E-state index < -0.39 is 0 Å². The van der Waals surface area contributed by atoms with Crippen molar-refractivity contribution in [2.24, 2.45) is 0 Å². The summed E-state index contributed by atoms with van der Waals surface area (Å²) in [6, 6.07) is 0. The Kier molecular flexibility index (Phi) is 6.25. The van der Waals surface area contributed by atoms with Gasteiger partial charge in [-0.05, 0) is 20.0 Å². The van der Waals surface area contributed by atoms with Gasteiger partial charge in [-0.15, -0.1) is 0 Å². The second-order valence-corrected chi connectivity index (χ2v) is 2.25. The van der Waals surface area contributed by atoms with E-state index in [1.54, 1.807) is 0 Å². The number of nitrogens with zero attached hydrogens (tertiary/aromatic N) is 1. The fourth-order valence-corrected chi connectivity index (χ4v) is 0.708. The lowest BCUT2D eigenvalue weighted by molar-refractivity contribution is 0.349. The first-order valence-corrected chi connectivity index (χ1v) is 3.56. The Bertz CT molecular complexity index is 123. The highest BCUT2D eigenvalue weighted by Crippen LogP contribution is 1.82. The molecule has 0 aliphatic rings. The molecule has 0 spiro atoms. The third-order valence-electron chi connectivity index (χ3n) is 1.16. The van der Waals surface area contributed by atoms with Gasteiger partial charge in [-0.2, -0.15) is 0 Å². The zero-order valence-corrected chi connectivity index (χ0v) is 6.72. The average molecular weight is 141 g/mol. The minimum absolute atomic E-state index is 0.0278. The molecule has 0 aliphatic carbocycles. The molecule has 0 heterocycles. The molecule has 0 atom stereocenters. The summed E-state index contributed by atoms with van der Waals surface area (Å²) in [5.41, 5.74) is 0. The predicted octanol–water partition coefficient (Wildman–Crippen LogP) is 0.324. The Morgan fingerprint density at radius 3 is 2.60 bits per heavy atom. The van der Waals surface area contributed by atoms with Crippen LogP contribution in [-0.4, -0.2) is 36.8 Å². The Morgan fingerprint density at radius 2 is 2.10 bits per heavy atom. The zero-order valence-electron chi connectivity index (χ0n) is 6.72. The number of rotatable bonds is 3. The summed E-state index contributed by atoms with van der Waals surface area (Å²) < 4.78 is 0. The Hall–Kier alpha value is -0.520. The second-order valence-electron chi connectivity index (χ2n) is 2.25. The molecule has 2 heteroatoms. The second kappa shape index (κ2) is 6.60. The van der Waals surface area contributed by atoms with E-state index >= 15 is 0 Å². The van der Waals surface area contributed by atoms with Crippen molar-refractivity contribution in [1.82, 2.24) is 4.90 Å². The van der Waals surface area contributed by atoms with Crippen molar-refractivity contribution in [2.75, 3.05) is 26.7 Å². The molecule has 0 rings (SSSR count). The Morgan fingerprint density at radius 1 is 1.40 bits per heavy atom. The van der Waals surface area contributed by atoms with Crippen molar-refractivity contribution in [3.63, 3.8) is 0 Å². The van der Waals surface area contributed by atoms with Crippen molar-refractivity contribution in [3.8, 4) is 11.8 Å². The van der Waals surface area contributed by atoms with Crippen molar-refractivity contribution in [1.29, 1.82) is 0 Å². The minimum atomic E-state index is -0.0278. The molecule has 10 heavy (non-hydrogen) atoms. The van der Waals surface area contributed by atoms with Gasteiger partial charge in [0, 0.05) is 0 Å². The van der Waals surface area contributed by atoms with Gasteiger partial charge in [0.05, 0.1) is 6.54 Å². The van der Waals surface area contributed by atoms with Crippen LogP contribution in [0.25, 0.3) is 0 Å². The molecule has 0 bridgehead atoms. The average Bonchev–Trinajstić information content (AvgIpc) is 1.89. The molecular formula is C8H15NO. The molecule has 0 aromatic heterocycles.